The van der Waals surface area contributed by atoms with Crippen LogP contribution >= 0.6 is 0 Å². The van der Waals surface area contributed by atoms with Crippen LogP contribution < -0.4 is 0 Å². The van der Waals surface area contributed by atoms with Gasteiger partial charge in [-0.3, -0.25) is 0 Å². The molecule has 0 amide bonds. The molecule has 0 saturated carbocycles. The lowest BCUT2D eigenvalue weighted by Gasteiger charge is -2.31. The Morgan fingerprint density at radius 2 is 2.16 bits per heavy atom. The molecule has 2 atom stereocenters. The molecule has 106 valence electrons. The van der Waals surface area contributed by atoms with E-state index in [1.807, 2.05) is 0 Å². The summed E-state index contributed by atoms with van der Waals surface area (Å²) >= 11 is 0. The molecule has 1 aromatic carbocycles. The fraction of sp³-hybridized carbons (Fsp3) is 0.647. The normalized spacial score (nSPS) is 22.4. The molecule has 2 nitrogen and oxygen atoms in total. The first kappa shape index (κ1) is 14.5. The molecule has 1 saturated heterocycles. The van der Waals surface area contributed by atoms with Gasteiger partial charge in [0.25, 0.3) is 0 Å². The van der Waals surface area contributed by atoms with E-state index in [-0.39, 0.29) is 6.10 Å². The Kier molecular flexibility index (Phi) is 5.00. The summed E-state index contributed by atoms with van der Waals surface area (Å²) in [5.41, 5.74) is 3.53. The number of rotatable bonds is 4. The maximum absolute atomic E-state index is 10.4. The van der Waals surface area contributed by atoms with E-state index < -0.39 is 0 Å². The molecule has 2 rings (SSSR count). The van der Waals surface area contributed by atoms with Crippen LogP contribution in [-0.4, -0.2) is 29.6 Å². The highest BCUT2D eigenvalue weighted by Crippen LogP contribution is 2.23. The quantitative estimate of drug-likeness (QED) is 0.897. The molecule has 1 aliphatic heterocycles. The van der Waals surface area contributed by atoms with Crippen molar-refractivity contribution in [3.63, 3.8) is 0 Å². The number of likely N-dealkylation sites (tertiary alicyclic amines) is 1. The third kappa shape index (κ3) is 4.05. The number of hydrogen-bond donors (Lipinski definition) is 1. The van der Waals surface area contributed by atoms with E-state index in [1.54, 1.807) is 0 Å². The Bertz CT molecular complexity index is 416. The van der Waals surface area contributed by atoms with Crippen molar-refractivity contribution in [3.8, 4) is 0 Å². The smallest absolute Gasteiger partial charge is 0.0804 e. The van der Waals surface area contributed by atoms with E-state index in [2.05, 4.69) is 43.9 Å². The molecule has 0 spiro atoms. The molecule has 0 bridgehead atoms. The molecule has 1 aromatic rings. The van der Waals surface area contributed by atoms with Crippen LogP contribution in [0.1, 0.15) is 49.0 Å². The van der Waals surface area contributed by atoms with Crippen LogP contribution in [0.4, 0.5) is 0 Å². The average molecular weight is 261 g/mol. The summed E-state index contributed by atoms with van der Waals surface area (Å²) in [6.07, 6.45) is 3.19. The Morgan fingerprint density at radius 3 is 2.89 bits per heavy atom. The number of aryl methyl sites for hydroxylation is 2. The van der Waals surface area contributed by atoms with Crippen molar-refractivity contribution in [3.05, 3.63) is 34.9 Å². The lowest BCUT2D eigenvalue weighted by atomic mass is 9.97. The van der Waals surface area contributed by atoms with Crippen molar-refractivity contribution in [1.82, 2.24) is 4.90 Å². The summed E-state index contributed by atoms with van der Waals surface area (Å²) in [7, 11) is 0. The first-order valence-corrected chi connectivity index (χ1v) is 7.54. The predicted molar refractivity (Wildman–Crippen MR) is 80.3 cm³/mol. The van der Waals surface area contributed by atoms with E-state index in [1.165, 1.54) is 37.1 Å². The van der Waals surface area contributed by atoms with Crippen LogP contribution in [0.3, 0.4) is 0 Å². The third-order valence-corrected chi connectivity index (χ3v) is 4.25. The van der Waals surface area contributed by atoms with Gasteiger partial charge in [-0.25, -0.2) is 0 Å². The van der Waals surface area contributed by atoms with Gasteiger partial charge in [-0.2, -0.15) is 0 Å². The third-order valence-electron chi connectivity index (χ3n) is 4.25. The molecular weight excluding hydrogens is 234 g/mol. The second-order valence-corrected chi connectivity index (χ2v) is 6.21. The van der Waals surface area contributed by atoms with Crippen molar-refractivity contribution in [2.75, 3.05) is 19.6 Å². The summed E-state index contributed by atoms with van der Waals surface area (Å²) in [6.45, 7) is 9.90. The van der Waals surface area contributed by atoms with E-state index in [9.17, 15) is 5.11 Å². The van der Waals surface area contributed by atoms with Crippen LogP contribution in [-0.2, 0) is 0 Å². The zero-order chi connectivity index (χ0) is 13.8. The summed E-state index contributed by atoms with van der Waals surface area (Å²) < 4.78 is 0. The predicted octanol–water partition coefficient (Wildman–Crippen LogP) is 3.46. The second kappa shape index (κ2) is 6.53. The van der Waals surface area contributed by atoms with Gasteiger partial charge in [0.1, 0.15) is 0 Å². The average Bonchev–Trinajstić information content (AvgIpc) is 2.39. The van der Waals surface area contributed by atoms with Gasteiger partial charge in [0, 0.05) is 13.1 Å². The zero-order valence-corrected chi connectivity index (χ0v) is 12.5. The van der Waals surface area contributed by atoms with Crippen molar-refractivity contribution in [2.45, 2.75) is 46.1 Å². The van der Waals surface area contributed by atoms with Crippen molar-refractivity contribution in [2.24, 2.45) is 5.92 Å². The number of aliphatic hydroxyl groups excluding tert-OH is 1. The minimum atomic E-state index is -0.322. The van der Waals surface area contributed by atoms with Crippen LogP contribution in [0.5, 0.6) is 0 Å². The van der Waals surface area contributed by atoms with Gasteiger partial charge < -0.3 is 10.0 Å². The Hall–Kier alpha value is -0.860. The molecule has 2 unspecified atom stereocenters. The Balaban J connectivity index is 1.90. The highest BCUT2D eigenvalue weighted by atomic mass is 16.3. The van der Waals surface area contributed by atoms with Crippen molar-refractivity contribution in [1.29, 1.82) is 0 Å². The number of benzene rings is 1. The molecule has 0 radical (unpaired) electrons. The SMILES string of the molecule is Cc1ccc(C)c(C(O)CCN2CCCC(C)C2)c1. The van der Waals surface area contributed by atoms with Gasteiger partial charge in [0.05, 0.1) is 6.10 Å². The summed E-state index contributed by atoms with van der Waals surface area (Å²) in [5.74, 6) is 0.812. The Labute approximate surface area is 117 Å². The first-order chi connectivity index (χ1) is 9.06. The highest BCUT2D eigenvalue weighted by Gasteiger charge is 2.18. The van der Waals surface area contributed by atoms with Crippen molar-refractivity contribution < 1.29 is 5.11 Å². The fourth-order valence-corrected chi connectivity index (χ4v) is 3.07. The molecule has 1 aliphatic rings. The van der Waals surface area contributed by atoms with Crippen LogP contribution in [0.15, 0.2) is 18.2 Å². The van der Waals surface area contributed by atoms with E-state index in [0.717, 1.165) is 24.4 Å². The minimum Gasteiger partial charge on any atom is -0.388 e. The lowest BCUT2D eigenvalue weighted by Crippen LogP contribution is -2.35. The maximum atomic E-state index is 10.4. The van der Waals surface area contributed by atoms with Gasteiger partial charge in [-0.1, -0.05) is 30.7 Å². The standard InChI is InChI=1S/C17H27NO/c1-13-6-7-15(3)16(11-13)17(19)8-10-18-9-4-5-14(2)12-18/h6-7,11,14,17,19H,4-5,8-10,12H2,1-3H3. The first-order valence-electron chi connectivity index (χ1n) is 7.54. The van der Waals surface area contributed by atoms with Crippen LogP contribution in [0.2, 0.25) is 0 Å². The van der Waals surface area contributed by atoms with Crippen molar-refractivity contribution >= 4 is 0 Å². The monoisotopic (exact) mass is 261 g/mol. The fourth-order valence-electron chi connectivity index (χ4n) is 3.07. The molecular formula is C17H27NO. The minimum absolute atomic E-state index is 0.322. The lowest BCUT2D eigenvalue weighted by molar-refractivity contribution is 0.121. The van der Waals surface area contributed by atoms with Gasteiger partial charge in [0.2, 0.25) is 0 Å². The summed E-state index contributed by atoms with van der Waals surface area (Å²) in [4.78, 5) is 2.50. The summed E-state index contributed by atoms with van der Waals surface area (Å²) in [6, 6.07) is 6.34. The molecule has 2 heteroatoms. The number of hydrogen-bond acceptors (Lipinski definition) is 2. The van der Waals surface area contributed by atoms with E-state index >= 15 is 0 Å². The number of nitrogens with zero attached hydrogens (tertiary/aromatic N) is 1. The largest absolute Gasteiger partial charge is 0.388 e. The molecule has 1 heterocycles. The van der Waals surface area contributed by atoms with E-state index in [0.29, 0.717) is 0 Å². The highest BCUT2D eigenvalue weighted by molar-refractivity contribution is 5.32. The number of aliphatic hydroxyl groups is 1. The topological polar surface area (TPSA) is 23.5 Å². The number of piperidine rings is 1. The van der Waals surface area contributed by atoms with E-state index in [4.69, 9.17) is 0 Å². The Morgan fingerprint density at radius 1 is 1.37 bits per heavy atom. The van der Waals surface area contributed by atoms with Gasteiger partial charge in [-0.15, -0.1) is 0 Å². The van der Waals surface area contributed by atoms with Crippen LogP contribution in [0.25, 0.3) is 0 Å². The van der Waals surface area contributed by atoms with Crippen LogP contribution in [0, 0.1) is 19.8 Å². The molecule has 19 heavy (non-hydrogen) atoms. The molecule has 0 aromatic heterocycles. The van der Waals surface area contributed by atoms with Gasteiger partial charge >= 0.3 is 0 Å². The second-order valence-electron chi connectivity index (χ2n) is 6.21. The maximum Gasteiger partial charge on any atom is 0.0804 e. The molecule has 0 aliphatic carbocycles. The summed E-state index contributed by atoms with van der Waals surface area (Å²) in [5, 5.41) is 10.4. The van der Waals surface area contributed by atoms with Gasteiger partial charge in [-0.05, 0) is 56.7 Å². The molecule has 1 fully saturated rings. The van der Waals surface area contributed by atoms with Gasteiger partial charge in [0.15, 0.2) is 0 Å². The molecule has 1 N–H and O–H groups in total. The zero-order valence-electron chi connectivity index (χ0n) is 12.5.